The minimum Gasteiger partial charge on any atom is -0.318 e. The largest absolute Gasteiger partial charge is 0.318 e. The van der Waals surface area contributed by atoms with E-state index >= 15 is 0 Å². The number of thiazole rings is 1. The molecule has 2 amide bonds. The van der Waals surface area contributed by atoms with Crippen molar-refractivity contribution in [3.8, 4) is 0 Å². The summed E-state index contributed by atoms with van der Waals surface area (Å²) in [7, 11) is 0. The van der Waals surface area contributed by atoms with Crippen LogP contribution in [0.25, 0.3) is 0 Å². The summed E-state index contributed by atoms with van der Waals surface area (Å²) in [6, 6.07) is 16.2. The summed E-state index contributed by atoms with van der Waals surface area (Å²) >= 11 is 1.44. The lowest BCUT2D eigenvalue weighted by Gasteiger charge is -2.27. The maximum Gasteiger partial charge on any atom is 0.255 e. The number of hydrogen-bond donors (Lipinski definition) is 1. The first-order valence-electron chi connectivity index (χ1n) is 8.73. The summed E-state index contributed by atoms with van der Waals surface area (Å²) in [6.45, 7) is 4.30. The van der Waals surface area contributed by atoms with Gasteiger partial charge in [-0.05, 0) is 31.0 Å². The predicted octanol–water partition coefficient (Wildman–Crippen LogP) is 4.10. The third-order valence-corrected chi connectivity index (χ3v) is 5.77. The van der Waals surface area contributed by atoms with E-state index in [4.69, 9.17) is 0 Å². The third kappa shape index (κ3) is 3.24. The number of rotatable bonds is 4. The zero-order valence-corrected chi connectivity index (χ0v) is 15.9. The Labute approximate surface area is 161 Å². The fourth-order valence-corrected chi connectivity index (χ4v) is 4.11. The van der Waals surface area contributed by atoms with E-state index in [0.717, 1.165) is 21.7 Å². The number of carbonyl (C=O) groups excluding carboxylic acids is 2. The van der Waals surface area contributed by atoms with E-state index in [9.17, 15) is 9.59 Å². The Balaban J connectivity index is 1.68. The van der Waals surface area contributed by atoms with Crippen LogP contribution >= 0.6 is 11.3 Å². The summed E-state index contributed by atoms with van der Waals surface area (Å²) in [4.78, 5) is 33.2. The van der Waals surface area contributed by atoms with E-state index in [1.54, 1.807) is 4.90 Å². The molecular weight excluding hydrogens is 358 g/mol. The van der Waals surface area contributed by atoms with Crippen molar-refractivity contribution in [1.29, 1.82) is 0 Å². The second-order valence-corrected chi connectivity index (χ2v) is 7.76. The van der Waals surface area contributed by atoms with Gasteiger partial charge in [-0.2, -0.15) is 0 Å². The molecule has 3 aromatic rings. The van der Waals surface area contributed by atoms with Gasteiger partial charge in [0.05, 0.1) is 5.69 Å². The maximum atomic E-state index is 13.2. The molecule has 1 aliphatic rings. The van der Waals surface area contributed by atoms with Gasteiger partial charge < -0.3 is 4.90 Å². The molecule has 1 aromatic heterocycles. The number of aryl methyl sites for hydroxylation is 2. The Morgan fingerprint density at radius 1 is 1.11 bits per heavy atom. The normalized spacial score (nSPS) is 14.1. The monoisotopic (exact) mass is 377 g/mol. The number of nitrogens with zero attached hydrogens (tertiary/aromatic N) is 2. The van der Waals surface area contributed by atoms with E-state index in [-0.39, 0.29) is 11.8 Å². The lowest BCUT2D eigenvalue weighted by atomic mass is 10.0. The Hall–Kier alpha value is -2.99. The molecule has 0 aliphatic carbocycles. The first kappa shape index (κ1) is 17.4. The Morgan fingerprint density at radius 2 is 1.81 bits per heavy atom. The summed E-state index contributed by atoms with van der Waals surface area (Å²) in [5.74, 6) is -0.378. The van der Waals surface area contributed by atoms with Gasteiger partial charge in [0.2, 0.25) is 0 Å². The van der Waals surface area contributed by atoms with Gasteiger partial charge in [-0.3, -0.25) is 14.9 Å². The molecule has 2 aromatic carbocycles. The molecule has 1 unspecified atom stereocenters. The molecule has 0 saturated carbocycles. The first-order chi connectivity index (χ1) is 13.0. The minimum atomic E-state index is -0.712. The third-order valence-electron chi connectivity index (χ3n) is 4.78. The lowest BCUT2D eigenvalue weighted by Crippen LogP contribution is -2.37. The highest BCUT2D eigenvalue weighted by Crippen LogP contribution is 2.33. The van der Waals surface area contributed by atoms with Crippen molar-refractivity contribution < 1.29 is 9.59 Å². The molecule has 4 rings (SSSR count). The number of anilines is 1. The van der Waals surface area contributed by atoms with Crippen molar-refractivity contribution in [2.24, 2.45) is 0 Å². The van der Waals surface area contributed by atoms with E-state index in [1.807, 2.05) is 68.4 Å². The van der Waals surface area contributed by atoms with E-state index in [2.05, 4.69) is 10.3 Å². The molecule has 0 radical (unpaired) electrons. The van der Waals surface area contributed by atoms with Crippen LogP contribution in [0.3, 0.4) is 0 Å². The summed E-state index contributed by atoms with van der Waals surface area (Å²) in [6.07, 6.45) is 0. The van der Waals surface area contributed by atoms with Gasteiger partial charge in [0.25, 0.3) is 11.8 Å². The average molecular weight is 377 g/mol. The molecule has 1 atom stereocenters. The number of fused-ring (bicyclic) bond motifs is 1. The number of nitrogens with one attached hydrogen (secondary N) is 1. The summed E-state index contributed by atoms with van der Waals surface area (Å²) in [5.41, 5.74) is 3.28. The van der Waals surface area contributed by atoms with Gasteiger partial charge >= 0.3 is 0 Å². The van der Waals surface area contributed by atoms with Crippen LogP contribution < -0.4 is 5.32 Å². The summed E-state index contributed by atoms with van der Waals surface area (Å²) < 4.78 is 0. The quantitative estimate of drug-likeness (QED) is 0.745. The smallest absolute Gasteiger partial charge is 0.255 e. The van der Waals surface area contributed by atoms with Crippen LogP contribution in [0, 0.1) is 13.8 Å². The fraction of sp³-hybridized carbons (Fsp3) is 0.190. The summed E-state index contributed by atoms with van der Waals surface area (Å²) in [5, 5.41) is 3.46. The van der Waals surface area contributed by atoms with Crippen LogP contribution in [0.2, 0.25) is 0 Å². The van der Waals surface area contributed by atoms with Gasteiger partial charge in [0.15, 0.2) is 5.13 Å². The molecule has 0 bridgehead atoms. The van der Waals surface area contributed by atoms with Crippen LogP contribution in [-0.2, 0) is 11.3 Å². The standard InChI is InChI=1S/C21H19N3O2S/c1-13-14(2)27-21(22-13)23-19(25)18(15-8-4-3-5-9-15)24-12-16-10-6-7-11-17(16)20(24)26/h3-11,18H,12H2,1-2H3,(H,22,23,25). The van der Waals surface area contributed by atoms with Crippen molar-refractivity contribution >= 4 is 28.3 Å². The van der Waals surface area contributed by atoms with Crippen molar-refractivity contribution in [2.45, 2.75) is 26.4 Å². The molecular formula is C21H19N3O2S. The van der Waals surface area contributed by atoms with E-state index < -0.39 is 6.04 Å². The van der Waals surface area contributed by atoms with Crippen LogP contribution in [0.1, 0.15) is 38.1 Å². The number of carbonyl (C=O) groups is 2. The molecule has 0 fully saturated rings. The topological polar surface area (TPSA) is 62.3 Å². The minimum absolute atomic E-state index is 0.124. The van der Waals surface area contributed by atoms with Gasteiger partial charge in [0, 0.05) is 17.0 Å². The molecule has 5 nitrogen and oxygen atoms in total. The highest BCUT2D eigenvalue weighted by Gasteiger charge is 2.37. The fourth-order valence-electron chi connectivity index (χ4n) is 3.29. The van der Waals surface area contributed by atoms with Gasteiger partial charge in [-0.15, -0.1) is 11.3 Å². The van der Waals surface area contributed by atoms with Gasteiger partial charge in [-0.1, -0.05) is 48.5 Å². The predicted molar refractivity (Wildman–Crippen MR) is 106 cm³/mol. The molecule has 6 heteroatoms. The van der Waals surface area contributed by atoms with Crippen molar-refractivity contribution in [3.05, 3.63) is 81.9 Å². The van der Waals surface area contributed by atoms with E-state index in [1.165, 1.54) is 11.3 Å². The van der Waals surface area contributed by atoms with Gasteiger partial charge in [0.1, 0.15) is 6.04 Å². The second kappa shape index (κ2) is 6.96. The maximum absolute atomic E-state index is 13.2. The van der Waals surface area contributed by atoms with Crippen LogP contribution in [-0.4, -0.2) is 21.7 Å². The molecule has 136 valence electrons. The number of amides is 2. The zero-order valence-electron chi connectivity index (χ0n) is 15.1. The van der Waals surface area contributed by atoms with Crippen molar-refractivity contribution in [3.63, 3.8) is 0 Å². The number of hydrogen-bond acceptors (Lipinski definition) is 4. The Morgan fingerprint density at radius 3 is 2.48 bits per heavy atom. The molecule has 0 saturated heterocycles. The van der Waals surface area contributed by atoms with Gasteiger partial charge in [-0.25, -0.2) is 4.98 Å². The highest BCUT2D eigenvalue weighted by atomic mass is 32.1. The highest BCUT2D eigenvalue weighted by molar-refractivity contribution is 7.15. The number of aromatic nitrogens is 1. The average Bonchev–Trinajstić information content (AvgIpc) is 3.16. The SMILES string of the molecule is Cc1nc(NC(=O)C(c2ccccc2)N2Cc3ccccc3C2=O)sc1C. The van der Waals surface area contributed by atoms with Crippen LogP contribution in [0.5, 0.6) is 0 Å². The Bertz CT molecular complexity index is 994. The first-order valence-corrected chi connectivity index (χ1v) is 9.55. The van der Waals surface area contributed by atoms with E-state index in [0.29, 0.717) is 17.2 Å². The molecule has 0 spiro atoms. The van der Waals surface area contributed by atoms with Crippen molar-refractivity contribution in [1.82, 2.24) is 9.88 Å². The van der Waals surface area contributed by atoms with Crippen LogP contribution in [0.15, 0.2) is 54.6 Å². The van der Waals surface area contributed by atoms with Crippen molar-refractivity contribution in [2.75, 3.05) is 5.32 Å². The molecule has 1 N–H and O–H groups in total. The zero-order chi connectivity index (χ0) is 19.0. The Kier molecular flexibility index (Phi) is 4.49. The molecule has 1 aliphatic heterocycles. The van der Waals surface area contributed by atoms with Crippen LogP contribution in [0.4, 0.5) is 5.13 Å². The lowest BCUT2D eigenvalue weighted by molar-refractivity contribution is -0.120. The molecule has 2 heterocycles. The number of benzene rings is 2. The molecule has 27 heavy (non-hydrogen) atoms. The second-order valence-electron chi connectivity index (χ2n) is 6.55.